The second-order valence-corrected chi connectivity index (χ2v) is 6.15. The Morgan fingerprint density at radius 2 is 2.00 bits per heavy atom. The molecule has 1 fully saturated rings. The fraction of sp³-hybridized carbons (Fsp3) is 0.412. The number of benzene rings is 1. The van der Waals surface area contributed by atoms with E-state index in [1.165, 1.54) is 0 Å². The third-order valence-electron chi connectivity index (χ3n) is 4.49. The van der Waals surface area contributed by atoms with E-state index in [0.29, 0.717) is 11.3 Å². The smallest absolute Gasteiger partial charge is 0.350 e. The van der Waals surface area contributed by atoms with Crippen molar-refractivity contribution in [3.8, 4) is 0 Å². The van der Waals surface area contributed by atoms with Crippen LogP contribution in [0.2, 0.25) is 0 Å². The summed E-state index contributed by atoms with van der Waals surface area (Å²) in [5.74, 6) is -2.50. The van der Waals surface area contributed by atoms with Crippen molar-refractivity contribution in [2.45, 2.75) is 31.6 Å². The molecular weight excluding hydrogens is 335 g/mol. The summed E-state index contributed by atoms with van der Waals surface area (Å²) in [4.78, 5) is 24.4. The molecule has 1 aromatic heterocycles. The minimum atomic E-state index is -4.96. The Hall–Kier alpha value is -2.51. The number of carbonyl (C=O) groups is 2. The molecule has 2 heterocycles. The Balaban J connectivity index is 1.70. The molecule has 134 valence electrons. The zero-order valence-electron chi connectivity index (χ0n) is 13.6. The lowest BCUT2D eigenvalue weighted by Crippen LogP contribution is -2.50. The summed E-state index contributed by atoms with van der Waals surface area (Å²) in [7, 11) is 1.88. The third-order valence-corrected chi connectivity index (χ3v) is 4.49. The SMILES string of the molecule is Cn1cc(CNC(=O)C2CCCN2C(=O)C(F)(F)F)c2ccccc21. The van der Waals surface area contributed by atoms with Gasteiger partial charge in [0, 0.05) is 37.2 Å². The number of para-hydroxylation sites is 1. The third kappa shape index (κ3) is 3.33. The Bertz CT molecular complexity index is 813. The van der Waals surface area contributed by atoms with Gasteiger partial charge in [0.15, 0.2) is 0 Å². The summed E-state index contributed by atoms with van der Waals surface area (Å²) >= 11 is 0. The maximum Gasteiger partial charge on any atom is 0.471 e. The first-order valence-electron chi connectivity index (χ1n) is 7.97. The Kier molecular flexibility index (Phi) is 4.45. The number of halogens is 3. The molecule has 0 aliphatic carbocycles. The van der Waals surface area contributed by atoms with Crippen molar-refractivity contribution >= 4 is 22.7 Å². The highest BCUT2D eigenvalue weighted by Gasteiger charge is 2.47. The van der Waals surface area contributed by atoms with Crippen LogP contribution in [0, 0.1) is 0 Å². The molecule has 1 saturated heterocycles. The van der Waals surface area contributed by atoms with Crippen molar-refractivity contribution in [2.75, 3.05) is 6.54 Å². The normalized spacial score (nSPS) is 17.9. The van der Waals surface area contributed by atoms with Crippen LogP contribution in [0.15, 0.2) is 30.5 Å². The number of aryl methyl sites for hydroxylation is 1. The second-order valence-electron chi connectivity index (χ2n) is 6.15. The first-order valence-corrected chi connectivity index (χ1v) is 7.97. The lowest BCUT2D eigenvalue weighted by atomic mass is 10.1. The van der Waals surface area contributed by atoms with Crippen molar-refractivity contribution in [1.29, 1.82) is 0 Å². The number of rotatable bonds is 3. The molecule has 2 aromatic rings. The van der Waals surface area contributed by atoms with Crippen LogP contribution in [0.3, 0.4) is 0 Å². The van der Waals surface area contributed by atoms with Gasteiger partial charge in [-0.15, -0.1) is 0 Å². The lowest BCUT2D eigenvalue weighted by molar-refractivity contribution is -0.186. The molecule has 1 aliphatic heterocycles. The molecule has 5 nitrogen and oxygen atoms in total. The van der Waals surface area contributed by atoms with Gasteiger partial charge in [-0.05, 0) is 24.5 Å². The van der Waals surface area contributed by atoms with E-state index in [1.54, 1.807) is 0 Å². The summed E-state index contributed by atoms with van der Waals surface area (Å²) in [5.41, 5.74) is 1.87. The molecule has 1 aromatic carbocycles. The molecule has 2 amide bonds. The van der Waals surface area contributed by atoms with Crippen molar-refractivity contribution in [3.05, 3.63) is 36.0 Å². The van der Waals surface area contributed by atoms with Crippen LogP contribution in [-0.4, -0.2) is 40.0 Å². The van der Waals surface area contributed by atoms with Crippen molar-refractivity contribution in [3.63, 3.8) is 0 Å². The zero-order valence-corrected chi connectivity index (χ0v) is 13.6. The van der Waals surface area contributed by atoms with E-state index in [0.717, 1.165) is 16.5 Å². The molecule has 0 saturated carbocycles. The van der Waals surface area contributed by atoms with Crippen LogP contribution in [0.1, 0.15) is 18.4 Å². The minimum absolute atomic E-state index is 0.0509. The van der Waals surface area contributed by atoms with E-state index in [1.807, 2.05) is 42.1 Å². The number of alkyl halides is 3. The van der Waals surface area contributed by atoms with Gasteiger partial charge in [0.1, 0.15) is 6.04 Å². The largest absolute Gasteiger partial charge is 0.471 e. The molecule has 1 atom stereocenters. The molecule has 0 spiro atoms. The van der Waals surface area contributed by atoms with Gasteiger partial charge in [-0.3, -0.25) is 9.59 Å². The monoisotopic (exact) mass is 353 g/mol. The van der Waals surface area contributed by atoms with Crippen LogP contribution in [0.4, 0.5) is 13.2 Å². The van der Waals surface area contributed by atoms with Gasteiger partial charge in [-0.2, -0.15) is 13.2 Å². The van der Waals surface area contributed by atoms with E-state index in [-0.39, 0.29) is 19.5 Å². The maximum atomic E-state index is 12.6. The van der Waals surface area contributed by atoms with E-state index >= 15 is 0 Å². The Labute approximate surface area is 142 Å². The first-order chi connectivity index (χ1) is 11.8. The van der Waals surface area contributed by atoms with E-state index in [9.17, 15) is 22.8 Å². The molecule has 25 heavy (non-hydrogen) atoms. The Morgan fingerprint density at radius 3 is 2.72 bits per heavy atom. The molecule has 1 N–H and O–H groups in total. The highest BCUT2D eigenvalue weighted by atomic mass is 19.4. The second kappa shape index (κ2) is 6.42. The molecule has 0 bridgehead atoms. The average Bonchev–Trinajstić information content (AvgIpc) is 3.17. The topological polar surface area (TPSA) is 54.3 Å². The summed E-state index contributed by atoms with van der Waals surface area (Å²) in [6.07, 6.45) is -2.46. The van der Waals surface area contributed by atoms with Crippen LogP contribution >= 0.6 is 0 Å². The van der Waals surface area contributed by atoms with Gasteiger partial charge < -0.3 is 14.8 Å². The fourth-order valence-electron chi connectivity index (χ4n) is 3.31. The van der Waals surface area contributed by atoms with Gasteiger partial charge in [-0.1, -0.05) is 18.2 Å². The molecule has 1 unspecified atom stereocenters. The van der Waals surface area contributed by atoms with Gasteiger partial charge >= 0.3 is 12.1 Å². The summed E-state index contributed by atoms with van der Waals surface area (Å²) in [6.45, 7) is 0.148. The van der Waals surface area contributed by atoms with Crippen LogP contribution in [0.5, 0.6) is 0 Å². The molecule has 8 heteroatoms. The van der Waals surface area contributed by atoms with Crippen LogP contribution < -0.4 is 5.32 Å². The predicted octanol–water partition coefficient (Wildman–Crippen LogP) is 2.35. The highest BCUT2D eigenvalue weighted by molar-refractivity contribution is 5.91. The van der Waals surface area contributed by atoms with Crippen molar-refractivity contribution in [2.24, 2.45) is 7.05 Å². The number of fused-ring (bicyclic) bond motifs is 1. The van der Waals surface area contributed by atoms with E-state index in [2.05, 4.69) is 5.32 Å². The quantitative estimate of drug-likeness (QED) is 0.921. The molecule has 3 rings (SSSR count). The first kappa shape index (κ1) is 17.3. The number of nitrogens with one attached hydrogen (secondary N) is 1. The minimum Gasteiger partial charge on any atom is -0.350 e. The molecule has 1 aliphatic rings. The van der Waals surface area contributed by atoms with Gasteiger partial charge in [0.2, 0.25) is 5.91 Å². The number of likely N-dealkylation sites (tertiary alicyclic amines) is 1. The van der Waals surface area contributed by atoms with E-state index < -0.39 is 24.0 Å². The van der Waals surface area contributed by atoms with E-state index in [4.69, 9.17) is 0 Å². The van der Waals surface area contributed by atoms with Gasteiger partial charge in [-0.25, -0.2) is 0 Å². The molecular formula is C17H18F3N3O2. The highest BCUT2D eigenvalue weighted by Crippen LogP contribution is 2.26. The Morgan fingerprint density at radius 1 is 1.28 bits per heavy atom. The standard InChI is InChI=1S/C17H18F3N3O2/c1-22-10-11(12-5-2-3-6-13(12)22)9-21-15(24)14-7-4-8-23(14)16(25)17(18,19)20/h2-3,5-6,10,14H,4,7-9H2,1H3,(H,21,24). The van der Waals surface area contributed by atoms with Gasteiger partial charge in [0.05, 0.1) is 0 Å². The van der Waals surface area contributed by atoms with Gasteiger partial charge in [0.25, 0.3) is 0 Å². The van der Waals surface area contributed by atoms with Crippen molar-refractivity contribution in [1.82, 2.24) is 14.8 Å². The zero-order chi connectivity index (χ0) is 18.2. The lowest BCUT2D eigenvalue weighted by Gasteiger charge is -2.24. The summed E-state index contributed by atoms with van der Waals surface area (Å²) < 4.78 is 39.8. The fourth-order valence-corrected chi connectivity index (χ4v) is 3.31. The summed E-state index contributed by atoms with van der Waals surface area (Å²) in [6, 6.07) is 6.59. The maximum absolute atomic E-state index is 12.6. The predicted molar refractivity (Wildman–Crippen MR) is 85.6 cm³/mol. The molecule has 0 radical (unpaired) electrons. The number of amides is 2. The van der Waals surface area contributed by atoms with Crippen LogP contribution in [-0.2, 0) is 23.2 Å². The summed E-state index contributed by atoms with van der Waals surface area (Å²) in [5, 5.41) is 3.64. The van der Waals surface area contributed by atoms with Crippen LogP contribution in [0.25, 0.3) is 10.9 Å². The number of nitrogens with zero attached hydrogens (tertiary/aromatic N) is 2. The number of hydrogen-bond donors (Lipinski definition) is 1. The van der Waals surface area contributed by atoms with Crippen molar-refractivity contribution < 1.29 is 22.8 Å². The average molecular weight is 353 g/mol. The number of carbonyl (C=O) groups excluding carboxylic acids is 2. The number of aromatic nitrogens is 1. The number of hydrogen-bond acceptors (Lipinski definition) is 2.